The molecule has 1 heterocycles. The lowest BCUT2D eigenvalue weighted by Crippen LogP contribution is -2.23. The first-order valence-corrected chi connectivity index (χ1v) is 13.0. The van der Waals surface area contributed by atoms with Gasteiger partial charge < -0.3 is 14.2 Å². The van der Waals surface area contributed by atoms with Crippen LogP contribution in [0.25, 0.3) is 11.1 Å². The molecule has 0 aliphatic carbocycles. The second kappa shape index (κ2) is 9.16. The molecule has 5 rings (SSSR count). The Morgan fingerprint density at radius 2 is 1.21 bits per heavy atom. The molecule has 1 aliphatic rings. The van der Waals surface area contributed by atoms with Crippen LogP contribution < -0.4 is 19.5 Å². The third kappa shape index (κ3) is 4.41. The molecular formula is C30H29O3P. The van der Waals surface area contributed by atoms with E-state index >= 15 is 0 Å². The van der Waals surface area contributed by atoms with E-state index < -0.39 is 7.92 Å². The van der Waals surface area contributed by atoms with Gasteiger partial charge in [-0.3, -0.25) is 0 Å². The number of benzene rings is 4. The lowest BCUT2D eigenvalue weighted by atomic mass is 10.0. The first kappa shape index (κ1) is 22.5. The Labute approximate surface area is 203 Å². The van der Waals surface area contributed by atoms with Crippen LogP contribution in [0, 0.1) is 0 Å². The second-order valence-corrected chi connectivity index (χ2v) is 12.6. The molecular weight excluding hydrogens is 439 g/mol. The van der Waals surface area contributed by atoms with Crippen LogP contribution >= 0.6 is 7.92 Å². The Balaban J connectivity index is 1.71. The predicted octanol–water partition coefficient (Wildman–Crippen LogP) is 8.58. The molecule has 0 saturated carbocycles. The van der Waals surface area contributed by atoms with Gasteiger partial charge in [-0.1, -0.05) is 75.4 Å². The Morgan fingerprint density at radius 3 is 1.74 bits per heavy atom. The normalized spacial score (nSPS) is 17.1. The molecule has 4 heteroatoms. The van der Waals surface area contributed by atoms with Gasteiger partial charge in [0.2, 0.25) is 0 Å². The van der Waals surface area contributed by atoms with Crippen molar-refractivity contribution in [2.45, 2.75) is 38.7 Å². The topological polar surface area (TPSA) is 27.7 Å². The Hall–Kier alpha value is -3.29. The maximum Gasteiger partial charge on any atom is 0.139 e. The fourth-order valence-electron chi connectivity index (χ4n) is 4.54. The molecule has 0 radical (unpaired) electrons. The van der Waals surface area contributed by atoms with E-state index in [2.05, 4.69) is 45.9 Å². The van der Waals surface area contributed by atoms with Crippen LogP contribution in [-0.2, 0) is 0 Å². The van der Waals surface area contributed by atoms with Crippen LogP contribution in [0.1, 0.15) is 27.7 Å². The molecule has 0 bridgehead atoms. The Kier molecular flexibility index (Phi) is 6.06. The van der Waals surface area contributed by atoms with Crippen LogP contribution in [0.2, 0.25) is 0 Å². The van der Waals surface area contributed by atoms with Crippen LogP contribution in [0.5, 0.6) is 28.7 Å². The monoisotopic (exact) mass is 468 g/mol. The molecule has 0 saturated heterocycles. The van der Waals surface area contributed by atoms with Crippen molar-refractivity contribution >= 4 is 13.2 Å². The molecule has 3 nitrogen and oxygen atoms in total. The summed E-state index contributed by atoms with van der Waals surface area (Å²) in [6, 6.07) is 32.1. The minimum absolute atomic E-state index is 0.0891. The van der Waals surface area contributed by atoms with E-state index in [4.69, 9.17) is 14.2 Å². The summed E-state index contributed by atoms with van der Waals surface area (Å²) in [7, 11) is -0.584. The number of hydrogen-bond donors (Lipinski definition) is 0. The van der Waals surface area contributed by atoms with E-state index in [9.17, 15) is 0 Å². The quantitative estimate of drug-likeness (QED) is 0.275. The zero-order valence-electron chi connectivity index (χ0n) is 20.0. The fraction of sp³-hybridized carbons (Fsp3) is 0.200. The fourth-order valence-corrected chi connectivity index (χ4v) is 7.70. The van der Waals surface area contributed by atoms with Crippen molar-refractivity contribution in [3.05, 3.63) is 97.1 Å². The van der Waals surface area contributed by atoms with Crippen LogP contribution in [-0.4, -0.2) is 11.0 Å². The van der Waals surface area contributed by atoms with Crippen molar-refractivity contribution in [3.63, 3.8) is 0 Å². The molecule has 0 fully saturated rings. The molecule has 0 aromatic heterocycles. The largest absolute Gasteiger partial charge is 0.485 e. The minimum Gasteiger partial charge on any atom is -0.485 e. The maximum atomic E-state index is 6.44. The highest BCUT2D eigenvalue weighted by molar-refractivity contribution is 7.68. The van der Waals surface area contributed by atoms with Crippen LogP contribution in [0.3, 0.4) is 0 Å². The second-order valence-electron chi connectivity index (χ2n) is 9.37. The number of ether oxygens (including phenoxy) is 3. The number of para-hydroxylation sites is 2. The van der Waals surface area contributed by atoms with Gasteiger partial charge in [0.1, 0.15) is 34.6 Å². The van der Waals surface area contributed by atoms with Gasteiger partial charge >= 0.3 is 0 Å². The van der Waals surface area contributed by atoms with E-state index in [1.165, 1.54) is 5.30 Å². The third-order valence-electron chi connectivity index (χ3n) is 5.82. The van der Waals surface area contributed by atoms with Crippen molar-refractivity contribution < 1.29 is 14.2 Å². The summed E-state index contributed by atoms with van der Waals surface area (Å²) in [5.74, 6) is 4.21. The first-order chi connectivity index (χ1) is 16.4. The number of fused-ring (bicyclic) bond motifs is 1. The summed E-state index contributed by atoms with van der Waals surface area (Å²) in [5.41, 5.74) is 2.06. The van der Waals surface area contributed by atoms with Gasteiger partial charge in [-0.05, 0) is 62.5 Å². The van der Waals surface area contributed by atoms with E-state index in [0.29, 0.717) is 0 Å². The molecule has 1 aliphatic heterocycles. The summed E-state index contributed by atoms with van der Waals surface area (Å²) in [5, 5.41) is 1.37. The Morgan fingerprint density at radius 1 is 0.676 bits per heavy atom. The highest BCUT2D eigenvalue weighted by Crippen LogP contribution is 2.60. The summed E-state index contributed by atoms with van der Waals surface area (Å²) < 4.78 is 19.2. The average molecular weight is 469 g/mol. The Bertz CT molecular complexity index is 1220. The van der Waals surface area contributed by atoms with Gasteiger partial charge in [-0.25, -0.2) is 0 Å². The van der Waals surface area contributed by atoms with Crippen molar-refractivity contribution in [2.24, 2.45) is 0 Å². The van der Waals surface area contributed by atoms with Crippen molar-refractivity contribution in [1.82, 2.24) is 0 Å². The van der Waals surface area contributed by atoms with Gasteiger partial charge in [0.25, 0.3) is 0 Å². The molecule has 0 spiro atoms. The van der Waals surface area contributed by atoms with Crippen molar-refractivity contribution in [3.8, 4) is 39.9 Å². The van der Waals surface area contributed by atoms with E-state index in [1.54, 1.807) is 0 Å². The van der Waals surface area contributed by atoms with Crippen LogP contribution in [0.4, 0.5) is 0 Å². The molecule has 0 amide bonds. The van der Waals surface area contributed by atoms with E-state index in [-0.39, 0.29) is 11.0 Å². The van der Waals surface area contributed by atoms with Gasteiger partial charge in [0.15, 0.2) is 0 Å². The standard InChI is InChI=1S/C30H29O3P/c1-21-31-27-20-11-17-24(29(27)34(21)30(2,3)4)28-25(32-22-13-7-5-8-14-22)18-12-19-26(28)33-23-15-9-6-10-16-23/h5-21H,1-4H3/t21-,34?/m1/s1. The average Bonchev–Trinajstić information content (AvgIpc) is 3.17. The first-order valence-electron chi connectivity index (χ1n) is 11.6. The predicted molar refractivity (Wildman–Crippen MR) is 141 cm³/mol. The minimum atomic E-state index is -0.584. The summed E-state index contributed by atoms with van der Waals surface area (Å²) in [4.78, 5) is 0. The zero-order chi connectivity index (χ0) is 23.7. The maximum absolute atomic E-state index is 6.44. The summed E-state index contributed by atoms with van der Waals surface area (Å²) in [6.07, 6.45) is 0. The third-order valence-corrected chi connectivity index (χ3v) is 9.04. The van der Waals surface area contributed by atoms with Gasteiger partial charge in [0.05, 0.1) is 5.56 Å². The lowest BCUT2D eigenvalue weighted by Gasteiger charge is -2.31. The molecule has 2 atom stereocenters. The van der Waals surface area contributed by atoms with E-state index in [1.807, 2.05) is 78.9 Å². The molecule has 172 valence electrons. The smallest absolute Gasteiger partial charge is 0.139 e. The molecule has 34 heavy (non-hydrogen) atoms. The lowest BCUT2D eigenvalue weighted by molar-refractivity contribution is 0.313. The van der Waals surface area contributed by atoms with Crippen molar-refractivity contribution in [1.29, 1.82) is 0 Å². The summed E-state index contributed by atoms with van der Waals surface area (Å²) >= 11 is 0. The van der Waals surface area contributed by atoms with Crippen molar-refractivity contribution in [2.75, 3.05) is 0 Å². The highest BCUT2D eigenvalue weighted by Gasteiger charge is 2.41. The molecule has 1 unspecified atom stereocenters. The van der Waals surface area contributed by atoms with E-state index in [0.717, 1.165) is 39.9 Å². The van der Waals surface area contributed by atoms with Crippen LogP contribution in [0.15, 0.2) is 97.1 Å². The van der Waals surface area contributed by atoms with Gasteiger partial charge in [-0.2, -0.15) is 0 Å². The molecule has 0 N–H and O–H groups in total. The number of rotatable bonds is 5. The highest BCUT2D eigenvalue weighted by atomic mass is 31.1. The molecule has 4 aromatic carbocycles. The van der Waals surface area contributed by atoms with Gasteiger partial charge in [0, 0.05) is 10.9 Å². The zero-order valence-corrected chi connectivity index (χ0v) is 20.9. The molecule has 4 aromatic rings. The SMILES string of the molecule is C[C@@H]1Oc2cccc(-c3c(Oc4ccccc4)cccc3Oc3ccccc3)c2P1C(C)(C)C. The summed E-state index contributed by atoms with van der Waals surface area (Å²) in [6.45, 7) is 9.10. The number of hydrogen-bond acceptors (Lipinski definition) is 3. The van der Waals surface area contributed by atoms with Gasteiger partial charge in [-0.15, -0.1) is 0 Å².